The Bertz CT molecular complexity index is 711. The van der Waals surface area contributed by atoms with Crippen molar-refractivity contribution in [2.45, 2.75) is 13.5 Å². The van der Waals surface area contributed by atoms with Gasteiger partial charge in [0.05, 0.1) is 17.4 Å². The third kappa shape index (κ3) is 1.52. The first kappa shape index (κ1) is 11.0. The van der Waals surface area contributed by atoms with Gasteiger partial charge in [-0.15, -0.1) is 0 Å². The number of nitrogens with zero attached hydrogens (tertiary/aromatic N) is 3. The van der Waals surface area contributed by atoms with Crippen molar-refractivity contribution in [1.82, 2.24) is 14.7 Å². The Balaban J connectivity index is 2.19. The zero-order chi connectivity index (χ0) is 12.7. The van der Waals surface area contributed by atoms with Crippen LogP contribution in [0, 0.1) is 6.92 Å². The molecule has 2 aromatic heterocycles. The lowest BCUT2D eigenvalue weighted by Gasteiger charge is -2.00. The molecule has 0 saturated heterocycles. The van der Waals surface area contributed by atoms with E-state index in [1.165, 1.54) is 0 Å². The van der Waals surface area contributed by atoms with Gasteiger partial charge >= 0.3 is 0 Å². The molecule has 0 amide bonds. The summed E-state index contributed by atoms with van der Waals surface area (Å²) in [6.07, 6.45) is 1.80. The fraction of sp³-hybridized carbons (Fsp3) is 0.231. The molecule has 3 rings (SSSR count). The van der Waals surface area contributed by atoms with Gasteiger partial charge in [0.2, 0.25) is 0 Å². The summed E-state index contributed by atoms with van der Waals surface area (Å²) in [6, 6.07) is 6.05. The molecule has 0 aliphatic rings. The minimum atomic E-state index is 0.422. The monoisotopic (exact) mass is 242 g/mol. The molecule has 0 aliphatic carbocycles. The van der Waals surface area contributed by atoms with Crippen LogP contribution in [0.3, 0.4) is 0 Å². The third-order valence-electron chi connectivity index (χ3n) is 3.19. The molecule has 5 nitrogen and oxygen atoms in total. The Kier molecular flexibility index (Phi) is 2.41. The number of imidazole rings is 1. The number of hydrogen-bond donors (Lipinski definition) is 1. The number of hydrogen-bond acceptors (Lipinski definition) is 4. The van der Waals surface area contributed by atoms with Crippen LogP contribution < -0.4 is 5.73 Å². The molecular formula is C13H14N4O. The first-order valence-electron chi connectivity index (χ1n) is 5.77. The molecule has 2 heterocycles. The second-order valence-electron chi connectivity index (χ2n) is 4.33. The Morgan fingerprint density at radius 3 is 3.00 bits per heavy atom. The van der Waals surface area contributed by atoms with Gasteiger partial charge in [0, 0.05) is 24.7 Å². The zero-order valence-electron chi connectivity index (χ0n) is 10.3. The van der Waals surface area contributed by atoms with Gasteiger partial charge in [0.15, 0.2) is 0 Å². The van der Waals surface area contributed by atoms with Crippen LogP contribution in [0.4, 0.5) is 0 Å². The second kappa shape index (κ2) is 3.96. The summed E-state index contributed by atoms with van der Waals surface area (Å²) in [4.78, 5) is 4.34. The summed E-state index contributed by atoms with van der Waals surface area (Å²) in [7, 11) is 1.97. The predicted molar refractivity (Wildman–Crippen MR) is 68.8 cm³/mol. The number of aryl methyl sites for hydroxylation is 2. The molecule has 0 aliphatic heterocycles. The van der Waals surface area contributed by atoms with E-state index >= 15 is 0 Å². The SMILES string of the molecule is Cc1onc(-c2ccc3c(c2)ncn3C)c1CN. The highest BCUT2D eigenvalue weighted by Crippen LogP contribution is 2.27. The van der Waals surface area contributed by atoms with Gasteiger partial charge in [-0.25, -0.2) is 4.98 Å². The maximum atomic E-state index is 5.73. The van der Waals surface area contributed by atoms with Gasteiger partial charge in [-0.1, -0.05) is 11.2 Å². The molecule has 0 fully saturated rings. The van der Waals surface area contributed by atoms with Crippen molar-refractivity contribution in [2.75, 3.05) is 0 Å². The minimum absolute atomic E-state index is 0.422. The number of nitrogens with two attached hydrogens (primary N) is 1. The van der Waals surface area contributed by atoms with Crippen LogP contribution in [0.5, 0.6) is 0 Å². The summed E-state index contributed by atoms with van der Waals surface area (Å²) >= 11 is 0. The van der Waals surface area contributed by atoms with Crippen molar-refractivity contribution >= 4 is 11.0 Å². The van der Waals surface area contributed by atoms with Gasteiger partial charge in [0.1, 0.15) is 11.5 Å². The smallest absolute Gasteiger partial charge is 0.138 e. The van der Waals surface area contributed by atoms with E-state index in [0.717, 1.165) is 33.6 Å². The van der Waals surface area contributed by atoms with Crippen molar-refractivity contribution in [2.24, 2.45) is 12.8 Å². The van der Waals surface area contributed by atoms with Crippen LogP contribution in [0.1, 0.15) is 11.3 Å². The van der Waals surface area contributed by atoms with Crippen LogP contribution in [-0.4, -0.2) is 14.7 Å². The first-order valence-corrected chi connectivity index (χ1v) is 5.77. The summed E-state index contributed by atoms with van der Waals surface area (Å²) in [5.41, 5.74) is 10.5. The standard InChI is InChI=1S/C13H14N4O/c1-8-10(6-14)13(16-18-8)9-3-4-12-11(5-9)15-7-17(12)2/h3-5,7H,6,14H2,1-2H3. The summed E-state index contributed by atoms with van der Waals surface area (Å²) in [5.74, 6) is 0.772. The molecule has 0 radical (unpaired) electrons. The van der Waals surface area contributed by atoms with Gasteiger partial charge in [-0.05, 0) is 19.1 Å². The van der Waals surface area contributed by atoms with Crippen LogP contribution in [0.25, 0.3) is 22.3 Å². The van der Waals surface area contributed by atoms with Crippen molar-refractivity contribution in [3.05, 3.63) is 35.9 Å². The average Bonchev–Trinajstić information content (AvgIpc) is 2.93. The van der Waals surface area contributed by atoms with Crippen LogP contribution in [0.15, 0.2) is 29.0 Å². The molecule has 18 heavy (non-hydrogen) atoms. The predicted octanol–water partition coefficient (Wildman–Crippen LogP) is 2.00. The van der Waals surface area contributed by atoms with Gasteiger partial charge < -0.3 is 14.8 Å². The highest BCUT2D eigenvalue weighted by Gasteiger charge is 2.14. The van der Waals surface area contributed by atoms with E-state index < -0.39 is 0 Å². The molecule has 0 spiro atoms. The molecule has 0 atom stereocenters. The van der Waals surface area contributed by atoms with E-state index in [9.17, 15) is 0 Å². The van der Waals surface area contributed by atoms with E-state index in [0.29, 0.717) is 6.54 Å². The molecule has 92 valence electrons. The summed E-state index contributed by atoms with van der Waals surface area (Å²) in [5, 5.41) is 4.08. The molecule has 3 aromatic rings. The summed E-state index contributed by atoms with van der Waals surface area (Å²) in [6.45, 7) is 2.29. The molecule has 2 N–H and O–H groups in total. The normalized spacial score (nSPS) is 11.3. The molecular weight excluding hydrogens is 228 g/mol. The molecule has 0 unspecified atom stereocenters. The number of fused-ring (bicyclic) bond motifs is 1. The Labute approximate surface area is 104 Å². The highest BCUT2D eigenvalue weighted by molar-refractivity contribution is 5.81. The lowest BCUT2D eigenvalue weighted by molar-refractivity contribution is 0.398. The van der Waals surface area contributed by atoms with Gasteiger partial charge in [-0.2, -0.15) is 0 Å². The van der Waals surface area contributed by atoms with E-state index in [1.807, 2.05) is 36.7 Å². The fourth-order valence-electron chi connectivity index (χ4n) is 2.14. The Hall–Kier alpha value is -2.14. The molecule has 0 saturated carbocycles. The maximum absolute atomic E-state index is 5.73. The molecule has 5 heteroatoms. The van der Waals surface area contributed by atoms with Crippen molar-refractivity contribution in [3.8, 4) is 11.3 Å². The van der Waals surface area contributed by atoms with Crippen LogP contribution in [-0.2, 0) is 13.6 Å². The largest absolute Gasteiger partial charge is 0.361 e. The summed E-state index contributed by atoms with van der Waals surface area (Å²) < 4.78 is 7.19. The lowest BCUT2D eigenvalue weighted by Crippen LogP contribution is -1.98. The topological polar surface area (TPSA) is 69.9 Å². The van der Waals surface area contributed by atoms with E-state index in [-0.39, 0.29) is 0 Å². The molecule has 1 aromatic carbocycles. The number of benzene rings is 1. The van der Waals surface area contributed by atoms with Crippen LogP contribution >= 0.6 is 0 Å². The van der Waals surface area contributed by atoms with E-state index in [4.69, 9.17) is 10.3 Å². The average molecular weight is 242 g/mol. The van der Waals surface area contributed by atoms with Crippen molar-refractivity contribution in [3.63, 3.8) is 0 Å². The number of rotatable bonds is 2. The fourth-order valence-corrected chi connectivity index (χ4v) is 2.14. The van der Waals surface area contributed by atoms with Crippen molar-refractivity contribution < 1.29 is 4.52 Å². The zero-order valence-corrected chi connectivity index (χ0v) is 10.3. The second-order valence-corrected chi connectivity index (χ2v) is 4.33. The maximum Gasteiger partial charge on any atom is 0.138 e. The first-order chi connectivity index (χ1) is 8.70. The van der Waals surface area contributed by atoms with Crippen LogP contribution in [0.2, 0.25) is 0 Å². The minimum Gasteiger partial charge on any atom is -0.361 e. The molecule has 0 bridgehead atoms. The van der Waals surface area contributed by atoms with E-state index in [1.54, 1.807) is 6.33 Å². The quantitative estimate of drug-likeness (QED) is 0.746. The Morgan fingerprint density at radius 2 is 2.22 bits per heavy atom. The van der Waals surface area contributed by atoms with Crippen molar-refractivity contribution in [1.29, 1.82) is 0 Å². The lowest BCUT2D eigenvalue weighted by atomic mass is 10.1. The van der Waals surface area contributed by atoms with Gasteiger partial charge in [-0.3, -0.25) is 0 Å². The van der Waals surface area contributed by atoms with E-state index in [2.05, 4.69) is 10.1 Å². The highest BCUT2D eigenvalue weighted by atomic mass is 16.5. The Morgan fingerprint density at radius 1 is 1.39 bits per heavy atom. The van der Waals surface area contributed by atoms with Gasteiger partial charge in [0.25, 0.3) is 0 Å². The third-order valence-corrected chi connectivity index (χ3v) is 3.19. The number of aromatic nitrogens is 3.